The van der Waals surface area contributed by atoms with E-state index in [0.29, 0.717) is 19.7 Å². The molecule has 0 bridgehead atoms. The fourth-order valence-corrected chi connectivity index (χ4v) is 3.82. The Morgan fingerprint density at radius 1 is 1.08 bits per heavy atom. The van der Waals surface area contributed by atoms with Crippen molar-refractivity contribution in [3.63, 3.8) is 0 Å². The number of carbonyl (C=O) groups excluding carboxylic acids is 1. The number of cyclic esters (lactones) is 1. The van der Waals surface area contributed by atoms with Gasteiger partial charge in [0.05, 0.1) is 6.54 Å². The minimum atomic E-state index is -0.195. The first-order valence-corrected chi connectivity index (χ1v) is 9.22. The largest absolute Gasteiger partial charge is 0.448 e. The van der Waals surface area contributed by atoms with Crippen molar-refractivity contribution < 1.29 is 9.53 Å². The summed E-state index contributed by atoms with van der Waals surface area (Å²) in [6, 6.07) is 9.47. The molecule has 2 aliphatic heterocycles. The Bertz CT molecular complexity index is 609. The summed E-state index contributed by atoms with van der Waals surface area (Å²) in [6.07, 6.45) is 8.81. The van der Waals surface area contributed by atoms with Crippen molar-refractivity contribution in [3.05, 3.63) is 41.0 Å². The van der Waals surface area contributed by atoms with Crippen LogP contribution in [-0.4, -0.2) is 48.2 Å². The molecule has 0 spiro atoms. The van der Waals surface area contributed by atoms with Gasteiger partial charge in [0.1, 0.15) is 6.61 Å². The van der Waals surface area contributed by atoms with E-state index in [1.165, 1.54) is 50.8 Å². The highest BCUT2D eigenvalue weighted by molar-refractivity contribution is 5.69. The van der Waals surface area contributed by atoms with Crippen LogP contribution in [0, 0.1) is 0 Å². The first-order chi connectivity index (χ1) is 11.8. The Morgan fingerprint density at radius 2 is 1.83 bits per heavy atom. The van der Waals surface area contributed by atoms with Gasteiger partial charge >= 0.3 is 6.09 Å². The number of benzene rings is 1. The highest BCUT2D eigenvalue weighted by Crippen LogP contribution is 2.29. The van der Waals surface area contributed by atoms with Crippen LogP contribution < -0.4 is 0 Å². The van der Waals surface area contributed by atoms with Gasteiger partial charge in [0.15, 0.2) is 0 Å². The second-order valence-corrected chi connectivity index (χ2v) is 7.20. The zero-order valence-corrected chi connectivity index (χ0v) is 14.2. The lowest BCUT2D eigenvalue weighted by molar-refractivity contribution is 0.118. The molecule has 4 rings (SSSR count). The lowest BCUT2D eigenvalue weighted by Crippen LogP contribution is -2.43. The molecule has 0 radical (unpaired) electrons. The number of amides is 1. The minimum Gasteiger partial charge on any atom is -0.448 e. The average Bonchev–Trinajstić information content (AvgIpc) is 2.95. The molecule has 1 aromatic carbocycles. The number of likely N-dealkylation sites (tertiary alicyclic amines) is 1. The summed E-state index contributed by atoms with van der Waals surface area (Å²) >= 11 is 0. The van der Waals surface area contributed by atoms with Crippen LogP contribution in [-0.2, 0) is 11.3 Å². The topological polar surface area (TPSA) is 32.8 Å². The average molecular weight is 326 g/mol. The van der Waals surface area contributed by atoms with Gasteiger partial charge in [-0.25, -0.2) is 4.79 Å². The standard InChI is InChI=1S/C20H26N2O2/c23-20-22(12-13-24-20)15-18-6-4-16(5-7-18)14-17-8-10-21(11-9-17)19-2-1-3-19/h4-7,14,19H,1-3,8-13,15H2. The number of rotatable bonds is 4. The third kappa shape index (κ3) is 3.48. The molecule has 3 fully saturated rings. The molecule has 0 unspecified atom stereocenters. The van der Waals surface area contributed by atoms with E-state index in [1.807, 2.05) is 0 Å². The van der Waals surface area contributed by atoms with Gasteiger partial charge in [-0.05, 0) is 36.8 Å². The summed E-state index contributed by atoms with van der Waals surface area (Å²) in [5, 5.41) is 0. The molecule has 0 atom stereocenters. The zero-order valence-electron chi connectivity index (χ0n) is 14.2. The SMILES string of the molecule is O=C1OCCN1Cc1ccc(C=C2CCN(C3CCC3)CC2)cc1. The van der Waals surface area contributed by atoms with Crippen molar-refractivity contribution in [1.82, 2.24) is 9.80 Å². The zero-order chi connectivity index (χ0) is 16.4. The molecule has 0 N–H and O–H groups in total. The maximum atomic E-state index is 11.5. The molecule has 2 heterocycles. The molecule has 128 valence electrons. The van der Waals surface area contributed by atoms with Gasteiger partial charge in [0.2, 0.25) is 0 Å². The van der Waals surface area contributed by atoms with E-state index in [2.05, 4.69) is 35.2 Å². The van der Waals surface area contributed by atoms with Gasteiger partial charge in [0, 0.05) is 25.7 Å². The van der Waals surface area contributed by atoms with Gasteiger partial charge in [-0.1, -0.05) is 42.3 Å². The van der Waals surface area contributed by atoms with Crippen molar-refractivity contribution in [2.24, 2.45) is 0 Å². The summed E-state index contributed by atoms with van der Waals surface area (Å²) in [6.45, 7) is 4.31. The Labute approximate surface area is 144 Å². The quantitative estimate of drug-likeness (QED) is 0.846. The minimum absolute atomic E-state index is 0.195. The van der Waals surface area contributed by atoms with Crippen LogP contribution in [0.4, 0.5) is 4.79 Å². The van der Waals surface area contributed by atoms with Crippen LogP contribution in [0.5, 0.6) is 0 Å². The maximum absolute atomic E-state index is 11.5. The molecule has 4 nitrogen and oxygen atoms in total. The molecule has 4 heteroatoms. The Balaban J connectivity index is 1.32. The third-order valence-corrected chi connectivity index (χ3v) is 5.60. The highest BCUT2D eigenvalue weighted by Gasteiger charge is 2.26. The van der Waals surface area contributed by atoms with Crippen molar-refractivity contribution in [3.8, 4) is 0 Å². The van der Waals surface area contributed by atoms with Crippen molar-refractivity contribution in [1.29, 1.82) is 0 Å². The van der Waals surface area contributed by atoms with Crippen LogP contribution in [0.25, 0.3) is 6.08 Å². The summed E-state index contributed by atoms with van der Waals surface area (Å²) in [7, 11) is 0. The number of piperidine rings is 1. The molecule has 1 aliphatic carbocycles. The summed E-state index contributed by atoms with van der Waals surface area (Å²) in [5.74, 6) is 0. The molecular formula is C20H26N2O2. The molecule has 2 saturated heterocycles. The van der Waals surface area contributed by atoms with E-state index in [4.69, 9.17) is 4.74 Å². The lowest BCUT2D eigenvalue weighted by Gasteiger charge is -2.40. The van der Waals surface area contributed by atoms with E-state index < -0.39 is 0 Å². The van der Waals surface area contributed by atoms with Gasteiger partial charge in [0.25, 0.3) is 0 Å². The van der Waals surface area contributed by atoms with Gasteiger partial charge in [-0.15, -0.1) is 0 Å². The normalized spacial score (nSPS) is 22.4. The maximum Gasteiger partial charge on any atom is 0.410 e. The first kappa shape index (κ1) is 15.7. The lowest BCUT2D eigenvalue weighted by atomic mass is 9.89. The fourth-order valence-electron chi connectivity index (χ4n) is 3.82. The van der Waals surface area contributed by atoms with E-state index >= 15 is 0 Å². The van der Waals surface area contributed by atoms with Crippen LogP contribution in [0.1, 0.15) is 43.2 Å². The molecule has 1 amide bonds. The molecular weight excluding hydrogens is 300 g/mol. The van der Waals surface area contributed by atoms with Crippen LogP contribution >= 0.6 is 0 Å². The van der Waals surface area contributed by atoms with Gasteiger partial charge < -0.3 is 9.64 Å². The number of carbonyl (C=O) groups is 1. The Hall–Kier alpha value is -1.81. The Morgan fingerprint density at radius 3 is 2.42 bits per heavy atom. The van der Waals surface area contributed by atoms with E-state index in [1.54, 1.807) is 10.5 Å². The molecule has 1 saturated carbocycles. The number of nitrogens with zero attached hydrogens (tertiary/aromatic N) is 2. The van der Waals surface area contributed by atoms with Crippen molar-refractivity contribution in [2.45, 2.75) is 44.7 Å². The molecule has 24 heavy (non-hydrogen) atoms. The number of ether oxygens (including phenoxy) is 1. The third-order valence-electron chi connectivity index (χ3n) is 5.60. The Kier molecular flexibility index (Phi) is 4.56. The summed E-state index contributed by atoms with van der Waals surface area (Å²) in [4.78, 5) is 15.9. The predicted molar refractivity (Wildman–Crippen MR) is 94.6 cm³/mol. The van der Waals surface area contributed by atoms with E-state index in [-0.39, 0.29) is 6.09 Å². The highest BCUT2D eigenvalue weighted by atomic mass is 16.6. The van der Waals surface area contributed by atoms with Crippen LogP contribution in [0.15, 0.2) is 29.8 Å². The number of hydrogen-bond donors (Lipinski definition) is 0. The van der Waals surface area contributed by atoms with Crippen LogP contribution in [0.2, 0.25) is 0 Å². The predicted octanol–water partition coefficient (Wildman–Crippen LogP) is 3.67. The van der Waals surface area contributed by atoms with Gasteiger partial charge in [-0.2, -0.15) is 0 Å². The smallest absolute Gasteiger partial charge is 0.410 e. The summed E-state index contributed by atoms with van der Waals surface area (Å²) < 4.78 is 4.97. The van der Waals surface area contributed by atoms with Crippen molar-refractivity contribution in [2.75, 3.05) is 26.2 Å². The van der Waals surface area contributed by atoms with Gasteiger partial charge in [-0.3, -0.25) is 4.90 Å². The van der Waals surface area contributed by atoms with E-state index in [9.17, 15) is 4.79 Å². The number of hydrogen-bond acceptors (Lipinski definition) is 3. The van der Waals surface area contributed by atoms with Crippen LogP contribution in [0.3, 0.4) is 0 Å². The van der Waals surface area contributed by atoms with Crippen molar-refractivity contribution >= 4 is 12.2 Å². The molecule has 0 aromatic heterocycles. The molecule has 3 aliphatic rings. The summed E-state index contributed by atoms with van der Waals surface area (Å²) in [5.41, 5.74) is 4.01. The first-order valence-electron chi connectivity index (χ1n) is 9.22. The second kappa shape index (κ2) is 6.98. The second-order valence-electron chi connectivity index (χ2n) is 7.20. The van der Waals surface area contributed by atoms with E-state index in [0.717, 1.165) is 11.6 Å². The fraction of sp³-hybridized carbons (Fsp3) is 0.550. The monoisotopic (exact) mass is 326 g/mol. The molecule has 1 aromatic rings.